The van der Waals surface area contributed by atoms with Crippen LogP contribution in [0.5, 0.6) is 5.75 Å². The van der Waals surface area contributed by atoms with E-state index in [0.29, 0.717) is 17.3 Å². The third kappa shape index (κ3) is 3.71. The van der Waals surface area contributed by atoms with Crippen molar-refractivity contribution in [2.75, 3.05) is 18.2 Å². The number of halogens is 1. The summed E-state index contributed by atoms with van der Waals surface area (Å²) in [6.45, 7) is 0. The monoisotopic (exact) mass is 335 g/mol. The average molecular weight is 336 g/mol. The fraction of sp³-hybridized carbons (Fsp3) is 0.143. The fourth-order valence-corrected chi connectivity index (χ4v) is 2.13. The molecule has 5 nitrogen and oxygen atoms in total. The summed E-state index contributed by atoms with van der Waals surface area (Å²) in [6.07, 6.45) is 1.70. The number of carbonyl (C=O) groups excluding carboxylic acids is 1. The molecule has 1 aromatic heterocycles. The molecule has 0 unspecified atom stereocenters. The van der Waals surface area contributed by atoms with Crippen molar-refractivity contribution in [1.29, 1.82) is 0 Å². The van der Waals surface area contributed by atoms with Crippen LogP contribution in [0.15, 0.2) is 41.0 Å². The Bertz CT molecular complexity index is 614. The molecule has 0 saturated carbocycles. The average Bonchev–Trinajstić information content (AvgIpc) is 2.41. The molecule has 0 spiro atoms. The van der Waals surface area contributed by atoms with Gasteiger partial charge in [-0.3, -0.25) is 4.79 Å². The van der Waals surface area contributed by atoms with Gasteiger partial charge in [0.2, 0.25) is 5.91 Å². The maximum atomic E-state index is 12.0. The lowest BCUT2D eigenvalue weighted by Crippen LogP contribution is -2.15. The number of carbonyl (C=O) groups is 1. The van der Waals surface area contributed by atoms with E-state index in [0.717, 1.165) is 10.0 Å². The first-order valence-corrected chi connectivity index (χ1v) is 6.71. The zero-order valence-corrected chi connectivity index (χ0v) is 12.5. The van der Waals surface area contributed by atoms with Crippen molar-refractivity contribution in [3.8, 4) is 5.75 Å². The molecule has 0 aliphatic rings. The first kappa shape index (κ1) is 14.3. The van der Waals surface area contributed by atoms with Crippen LogP contribution in [0.1, 0.15) is 5.56 Å². The molecule has 0 fully saturated rings. The van der Waals surface area contributed by atoms with Crippen molar-refractivity contribution in [2.45, 2.75) is 6.42 Å². The van der Waals surface area contributed by atoms with Crippen LogP contribution >= 0.6 is 15.9 Å². The largest absolute Gasteiger partial charge is 0.496 e. The first-order chi connectivity index (χ1) is 9.58. The molecular formula is C14H14BrN3O2. The van der Waals surface area contributed by atoms with Gasteiger partial charge in [-0.2, -0.15) is 0 Å². The predicted molar refractivity (Wildman–Crippen MR) is 81.7 cm³/mol. The molecule has 2 rings (SSSR count). The smallest absolute Gasteiger partial charge is 0.230 e. The van der Waals surface area contributed by atoms with E-state index < -0.39 is 0 Å². The number of methoxy groups -OCH3 is 1. The van der Waals surface area contributed by atoms with Crippen molar-refractivity contribution in [2.24, 2.45) is 0 Å². The molecule has 1 aromatic carbocycles. The summed E-state index contributed by atoms with van der Waals surface area (Å²) in [6, 6.07) is 8.87. The second-order valence-electron chi connectivity index (χ2n) is 4.16. The minimum Gasteiger partial charge on any atom is -0.496 e. The van der Waals surface area contributed by atoms with Gasteiger partial charge in [-0.25, -0.2) is 4.98 Å². The van der Waals surface area contributed by atoms with Gasteiger partial charge in [0.1, 0.15) is 11.6 Å². The van der Waals surface area contributed by atoms with Gasteiger partial charge in [0.25, 0.3) is 0 Å². The summed E-state index contributed by atoms with van der Waals surface area (Å²) in [5.41, 5.74) is 6.89. The number of pyridine rings is 1. The van der Waals surface area contributed by atoms with E-state index >= 15 is 0 Å². The van der Waals surface area contributed by atoms with Gasteiger partial charge in [0.05, 0.1) is 25.4 Å². The van der Waals surface area contributed by atoms with E-state index in [-0.39, 0.29) is 12.3 Å². The molecule has 6 heteroatoms. The Hall–Kier alpha value is -2.08. The molecule has 20 heavy (non-hydrogen) atoms. The highest BCUT2D eigenvalue weighted by Crippen LogP contribution is 2.23. The Labute approximate surface area is 125 Å². The van der Waals surface area contributed by atoms with Crippen LogP contribution in [0.4, 0.5) is 11.5 Å². The summed E-state index contributed by atoms with van der Waals surface area (Å²) in [5.74, 6) is 0.977. The zero-order chi connectivity index (χ0) is 14.5. The molecule has 0 atom stereocenters. The number of nitrogens with one attached hydrogen (secondary N) is 1. The number of hydrogen-bond donors (Lipinski definition) is 2. The third-order valence-corrected chi connectivity index (χ3v) is 3.14. The van der Waals surface area contributed by atoms with E-state index in [4.69, 9.17) is 10.5 Å². The van der Waals surface area contributed by atoms with Crippen molar-refractivity contribution >= 4 is 33.3 Å². The van der Waals surface area contributed by atoms with Gasteiger partial charge in [0.15, 0.2) is 0 Å². The molecule has 0 bridgehead atoms. The van der Waals surface area contributed by atoms with Crippen LogP contribution in [0.2, 0.25) is 0 Å². The number of nitrogens with zero attached hydrogens (tertiary/aromatic N) is 1. The number of nitrogen functional groups attached to an aromatic ring is 1. The molecule has 0 saturated heterocycles. The van der Waals surface area contributed by atoms with Gasteiger partial charge in [-0.15, -0.1) is 0 Å². The SMILES string of the molecule is COc1ccc(Br)cc1CC(=O)Nc1ccc(N)cn1. The van der Waals surface area contributed by atoms with Crippen LogP contribution in [0.25, 0.3) is 0 Å². The molecule has 0 radical (unpaired) electrons. The van der Waals surface area contributed by atoms with E-state index in [1.807, 2.05) is 18.2 Å². The van der Waals surface area contributed by atoms with Crippen LogP contribution in [0.3, 0.4) is 0 Å². The molecule has 3 N–H and O–H groups in total. The number of anilines is 2. The third-order valence-electron chi connectivity index (χ3n) is 2.65. The van der Waals surface area contributed by atoms with Crippen molar-refractivity contribution < 1.29 is 9.53 Å². The second-order valence-corrected chi connectivity index (χ2v) is 5.07. The maximum absolute atomic E-state index is 12.0. The van der Waals surface area contributed by atoms with Gasteiger partial charge < -0.3 is 15.8 Å². The molecular weight excluding hydrogens is 322 g/mol. The van der Waals surface area contributed by atoms with Crippen molar-refractivity contribution in [3.63, 3.8) is 0 Å². The molecule has 2 aromatic rings. The summed E-state index contributed by atoms with van der Waals surface area (Å²) in [7, 11) is 1.58. The van der Waals surface area contributed by atoms with Crippen molar-refractivity contribution in [3.05, 3.63) is 46.6 Å². The minimum absolute atomic E-state index is 0.168. The van der Waals surface area contributed by atoms with E-state index in [9.17, 15) is 4.79 Å². The summed E-state index contributed by atoms with van der Waals surface area (Å²) >= 11 is 3.38. The van der Waals surface area contributed by atoms with Crippen LogP contribution in [-0.4, -0.2) is 18.0 Å². The molecule has 0 aliphatic heterocycles. The number of ether oxygens (including phenoxy) is 1. The standard InChI is InChI=1S/C14H14BrN3O2/c1-20-12-4-2-10(15)6-9(12)7-14(19)18-13-5-3-11(16)8-17-13/h2-6,8H,7,16H2,1H3,(H,17,18,19). The summed E-state index contributed by atoms with van der Waals surface area (Å²) in [5, 5.41) is 2.71. The van der Waals surface area contributed by atoms with Gasteiger partial charge in [-0.1, -0.05) is 15.9 Å². The fourth-order valence-electron chi connectivity index (χ4n) is 1.72. The van der Waals surface area contributed by atoms with Crippen LogP contribution in [0, 0.1) is 0 Å². The van der Waals surface area contributed by atoms with E-state index in [2.05, 4.69) is 26.2 Å². The number of benzene rings is 1. The lowest BCUT2D eigenvalue weighted by molar-refractivity contribution is -0.115. The normalized spacial score (nSPS) is 10.1. The number of nitrogens with two attached hydrogens (primary N) is 1. The van der Waals surface area contributed by atoms with Crippen LogP contribution in [-0.2, 0) is 11.2 Å². The van der Waals surface area contributed by atoms with Gasteiger partial charge in [-0.05, 0) is 30.3 Å². The number of amides is 1. The van der Waals surface area contributed by atoms with E-state index in [1.54, 1.807) is 19.2 Å². The lowest BCUT2D eigenvalue weighted by atomic mass is 10.1. The number of aromatic nitrogens is 1. The molecule has 1 amide bonds. The Morgan fingerprint density at radius 2 is 2.20 bits per heavy atom. The Balaban J connectivity index is 2.08. The lowest BCUT2D eigenvalue weighted by Gasteiger charge is -2.09. The highest BCUT2D eigenvalue weighted by Gasteiger charge is 2.10. The van der Waals surface area contributed by atoms with Crippen molar-refractivity contribution in [1.82, 2.24) is 4.98 Å². The summed E-state index contributed by atoms with van der Waals surface area (Å²) < 4.78 is 6.13. The highest BCUT2D eigenvalue weighted by molar-refractivity contribution is 9.10. The quantitative estimate of drug-likeness (QED) is 0.900. The molecule has 1 heterocycles. The van der Waals surface area contributed by atoms with E-state index in [1.165, 1.54) is 6.20 Å². The molecule has 104 valence electrons. The Morgan fingerprint density at radius 1 is 1.40 bits per heavy atom. The number of rotatable bonds is 4. The molecule has 0 aliphatic carbocycles. The minimum atomic E-state index is -0.168. The second kappa shape index (κ2) is 6.38. The number of hydrogen-bond acceptors (Lipinski definition) is 4. The van der Waals surface area contributed by atoms with Gasteiger partial charge >= 0.3 is 0 Å². The van der Waals surface area contributed by atoms with Crippen LogP contribution < -0.4 is 15.8 Å². The maximum Gasteiger partial charge on any atom is 0.230 e. The zero-order valence-electron chi connectivity index (χ0n) is 10.9. The Morgan fingerprint density at radius 3 is 2.85 bits per heavy atom. The summed E-state index contributed by atoms with van der Waals surface area (Å²) in [4.78, 5) is 16.0. The van der Waals surface area contributed by atoms with Gasteiger partial charge in [0, 0.05) is 10.0 Å². The first-order valence-electron chi connectivity index (χ1n) is 5.92. The highest BCUT2D eigenvalue weighted by atomic mass is 79.9. The predicted octanol–water partition coefficient (Wildman–Crippen LogP) is 2.62. The topological polar surface area (TPSA) is 77.2 Å². The Kier molecular flexibility index (Phi) is 4.57.